The van der Waals surface area contributed by atoms with Crippen molar-refractivity contribution in [1.29, 1.82) is 0 Å². The van der Waals surface area contributed by atoms with E-state index in [0.717, 1.165) is 10.2 Å². The van der Waals surface area contributed by atoms with Gasteiger partial charge in [0.1, 0.15) is 23.3 Å². The van der Waals surface area contributed by atoms with Crippen LogP contribution in [0.4, 0.5) is 0 Å². The van der Waals surface area contributed by atoms with Crippen molar-refractivity contribution in [2.45, 2.75) is 18.3 Å². The lowest BCUT2D eigenvalue weighted by Gasteiger charge is -2.19. The molecule has 3 unspecified atom stereocenters. The Balaban J connectivity index is 2.27. The number of fused-ring (bicyclic) bond motifs is 1. The van der Waals surface area contributed by atoms with Gasteiger partial charge >= 0.3 is 0 Å². The minimum atomic E-state index is -1.44. The Morgan fingerprint density at radius 3 is 2.53 bits per heavy atom. The number of thiazole rings is 1. The summed E-state index contributed by atoms with van der Waals surface area (Å²) in [5.74, 6) is 0. The summed E-state index contributed by atoms with van der Waals surface area (Å²) in [6.45, 7) is -0.608. The Labute approximate surface area is 102 Å². The van der Waals surface area contributed by atoms with Crippen molar-refractivity contribution in [2.24, 2.45) is 0 Å². The lowest BCUT2D eigenvalue weighted by atomic mass is 10.1. The molecule has 0 spiro atoms. The molecule has 4 N–H and O–H groups in total. The zero-order valence-electron chi connectivity index (χ0n) is 8.89. The summed E-state index contributed by atoms with van der Waals surface area (Å²) in [6, 6.07) is 7.35. The molecule has 5 nitrogen and oxygen atoms in total. The highest BCUT2D eigenvalue weighted by Gasteiger charge is 2.27. The molecular weight excluding hydrogens is 242 g/mol. The molecule has 0 radical (unpaired) electrons. The van der Waals surface area contributed by atoms with Crippen LogP contribution in [0.15, 0.2) is 24.3 Å². The first-order valence-electron chi connectivity index (χ1n) is 5.14. The highest BCUT2D eigenvalue weighted by molar-refractivity contribution is 7.18. The van der Waals surface area contributed by atoms with Gasteiger partial charge in [0.2, 0.25) is 0 Å². The van der Waals surface area contributed by atoms with Crippen LogP contribution in [0.1, 0.15) is 11.1 Å². The Bertz CT molecular complexity index is 468. The van der Waals surface area contributed by atoms with E-state index < -0.39 is 24.9 Å². The molecule has 17 heavy (non-hydrogen) atoms. The molecule has 2 aromatic rings. The predicted octanol–water partition coefficient (Wildman–Crippen LogP) is 0.0438. The molecule has 2 rings (SSSR count). The van der Waals surface area contributed by atoms with Crippen LogP contribution in [-0.2, 0) is 0 Å². The highest BCUT2D eigenvalue weighted by atomic mass is 32.1. The van der Waals surface area contributed by atoms with Crippen molar-refractivity contribution in [1.82, 2.24) is 4.98 Å². The number of benzene rings is 1. The second-order valence-electron chi connectivity index (χ2n) is 3.71. The van der Waals surface area contributed by atoms with Crippen LogP contribution >= 0.6 is 11.3 Å². The molecule has 0 aliphatic heterocycles. The number of aromatic nitrogens is 1. The van der Waals surface area contributed by atoms with Crippen LogP contribution in [0.5, 0.6) is 0 Å². The number of aliphatic hydroxyl groups is 4. The summed E-state index contributed by atoms with van der Waals surface area (Å²) < 4.78 is 0.896. The lowest BCUT2D eigenvalue weighted by molar-refractivity contribution is -0.0776. The summed E-state index contributed by atoms with van der Waals surface area (Å²) in [5, 5.41) is 37.7. The molecule has 0 aliphatic carbocycles. The third kappa shape index (κ3) is 2.46. The van der Waals surface area contributed by atoms with Crippen molar-refractivity contribution in [3.05, 3.63) is 29.3 Å². The molecule has 0 saturated heterocycles. The molecule has 0 fully saturated rings. The minimum absolute atomic E-state index is 0.325. The van der Waals surface area contributed by atoms with Gasteiger partial charge in [0.05, 0.1) is 16.8 Å². The molecule has 92 valence electrons. The van der Waals surface area contributed by atoms with Crippen LogP contribution in [-0.4, -0.2) is 44.2 Å². The third-order valence-electron chi connectivity index (χ3n) is 2.47. The number of nitrogens with zero attached hydrogens (tertiary/aromatic N) is 1. The van der Waals surface area contributed by atoms with Gasteiger partial charge in [-0.15, -0.1) is 11.3 Å². The normalized spacial score (nSPS) is 16.9. The number of para-hydroxylation sites is 1. The maximum atomic E-state index is 9.82. The maximum Gasteiger partial charge on any atom is 0.134 e. The van der Waals surface area contributed by atoms with E-state index in [1.807, 2.05) is 18.2 Å². The standard InChI is InChI=1S/C11H13NO4S/c13-5-7(14)9(15)10(16)11-12-6-3-1-2-4-8(6)17-11/h1-4,7,9-10,13-16H,5H2. The van der Waals surface area contributed by atoms with Crippen LogP contribution in [0.25, 0.3) is 10.2 Å². The Kier molecular flexibility index (Phi) is 3.70. The number of hydrogen-bond acceptors (Lipinski definition) is 6. The zero-order valence-corrected chi connectivity index (χ0v) is 9.71. The average Bonchev–Trinajstić information content (AvgIpc) is 2.79. The van der Waals surface area contributed by atoms with E-state index in [0.29, 0.717) is 5.01 Å². The van der Waals surface area contributed by atoms with E-state index in [4.69, 9.17) is 5.11 Å². The van der Waals surface area contributed by atoms with E-state index in [2.05, 4.69) is 4.98 Å². The summed E-state index contributed by atoms with van der Waals surface area (Å²) in [7, 11) is 0. The molecule has 0 bridgehead atoms. The highest BCUT2D eigenvalue weighted by Crippen LogP contribution is 2.28. The average molecular weight is 255 g/mol. The van der Waals surface area contributed by atoms with Crippen molar-refractivity contribution < 1.29 is 20.4 Å². The van der Waals surface area contributed by atoms with E-state index in [-0.39, 0.29) is 0 Å². The monoisotopic (exact) mass is 255 g/mol. The van der Waals surface area contributed by atoms with E-state index in [1.165, 1.54) is 11.3 Å². The number of hydrogen-bond donors (Lipinski definition) is 4. The zero-order chi connectivity index (χ0) is 12.4. The van der Waals surface area contributed by atoms with Crippen LogP contribution in [0.2, 0.25) is 0 Å². The third-order valence-corrected chi connectivity index (χ3v) is 3.58. The fourth-order valence-electron chi connectivity index (χ4n) is 1.48. The van der Waals surface area contributed by atoms with Crippen molar-refractivity contribution in [2.75, 3.05) is 6.61 Å². The van der Waals surface area contributed by atoms with E-state index >= 15 is 0 Å². The van der Waals surface area contributed by atoms with Crippen LogP contribution in [0, 0.1) is 0 Å². The second-order valence-corrected chi connectivity index (χ2v) is 4.77. The molecule has 3 atom stereocenters. The predicted molar refractivity (Wildman–Crippen MR) is 63.7 cm³/mol. The summed E-state index contributed by atoms with van der Waals surface area (Å²) in [6.07, 6.45) is -4.12. The summed E-state index contributed by atoms with van der Waals surface area (Å²) in [4.78, 5) is 4.17. The molecule has 0 saturated carbocycles. The molecule has 0 amide bonds. The van der Waals surface area contributed by atoms with Gasteiger partial charge in [-0.1, -0.05) is 12.1 Å². The van der Waals surface area contributed by atoms with Gasteiger partial charge in [0.15, 0.2) is 0 Å². The van der Waals surface area contributed by atoms with Crippen LogP contribution in [0.3, 0.4) is 0 Å². The molecule has 0 aliphatic rings. The first kappa shape index (κ1) is 12.4. The topological polar surface area (TPSA) is 93.8 Å². The van der Waals surface area contributed by atoms with Crippen LogP contribution < -0.4 is 0 Å². The quantitative estimate of drug-likeness (QED) is 0.619. The fraction of sp³-hybridized carbons (Fsp3) is 0.364. The molecule has 1 aromatic carbocycles. The first-order chi connectivity index (χ1) is 8.13. The second kappa shape index (κ2) is 5.07. The minimum Gasteiger partial charge on any atom is -0.394 e. The first-order valence-corrected chi connectivity index (χ1v) is 5.95. The SMILES string of the molecule is OCC(O)C(O)C(O)c1nc2ccccc2s1. The molecule has 1 aromatic heterocycles. The van der Waals surface area contributed by atoms with E-state index in [9.17, 15) is 15.3 Å². The maximum absolute atomic E-state index is 9.82. The number of rotatable bonds is 4. The number of aliphatic hydroxyl groups excluding tert-OH is 4. The smallest absolute Gasteiger partial charge is 0.134 e. The van der Waals surface area contributed by atoms with Crippen molar-refractivity contribution in [3.8, 4) is 0 Å². The van der Waals surface area contributed by atoms with Crippen molar-refractivity contribution in [3.63, 3.8) is 0 Å². The van der Waals surface area contributed by atoms with Crippen molar-refractivity contribution >= 4 is 21.6 Å². The summed E-state index contributed by atoms with van der Waals surface area (Å²) in [5.41, 5.74) is 0.734. The van der Waals surface area contributed by atoms with Gasteiger partial charge in [-0.05, 0) is 12.1 Å². The largest absolute Gasteiger partial charge is 0.394 e. The lowest BCUT2D eigenvalue weighted by Crippen LogP contribution is -2.34. The summed E-state index contributed by atoms with van der Waals surface area (Å²) >= 11 is 1.25. The Hall–Kier alpha value is -1.05. The van der Waals surface area contributed by atoms with Gasteiger partial charge in [-0.25, -0.2) is 4.98 Å². The molecule has 6 heteroatoms. The van der Waals surface area contributed by atoms with Gasteiger partial charge in [-0.3, -0.25) is 0 Å². The van der Waals surface area contributed by atoms with Gasteiger partial charge in [0.25, 0.3) is 0 Å². The Morgan fingerprint density at radius 2 is 1.88 bits per heavy atom. The van der Waals surface area contributed by atoms with Gasteiger partial charge < -0.3 is 20.4 Å². The van der Waals surface area contributed by atoms with Gasteiger partial charge in [0, 0.05) is 0 Å². The molecular formula is C11H13NO4S. The van der Waals surface area contributed by atoms with Gasteiger partial charge in [-0.2, -0.15) is 0 Å². The molecule has 1 heterocycles. The Morgan fingerprint density at radius 1 is 1.18 bits per heavy atom. The van der Waals surface area contributed by atoms with E-state index in [1.54, 1.807) is 6.07 Å². The fourth-order valence-corrected chi connectivity index (χ4v) is 2.48.